The van der Waals surface area contributed by atoms with Gasteiger partial charge in [-0.25, -0.2) is 4.99 Å². The maximum Gasteiger partial charge on any atom is 0.194 e. The molecular formula is C23H35N5O. The molecule has 158 valence electrons. The highest BCUT2D eigenvalue weighted by Crippen LogP contribution is 2.20. The van der Waals surface area contributed by atoms with Gasteiger partial charge in [-0.15, -0.1) is 0 Å². The Morgan fingerprint density at radius 1 is 1.14 bits per heavy atom. The van der Waals surface area contributed by atoms with E-state index in [1.807, 2.05) is 42.1 Å². The predicted molar refractivity (Wildman–Crippen MR) is 118 cm³/mol. The van der Waals surface area contributed by atoms with Crippen molar-refractivity contribution in [1.82, 2.24) is 20.0 Å². The fourth-order valence-electron chi connectivity index (χ4n) is 4.03. The summed E-state index contributed by atoms with van der Waals surface area (Å²) in [5.74, 6) is 1.96. The first-order valence-corrected chi connectivity index (χ1v) is 10.9. The minimum atomic E-state index is 0.272. The Balaban J connectivity index is 1.65. The highest BCUT2D eigenvalue weighted by Gasteiger charge is 2.23. The standard InChI is InChI=1S/C23H35N5O/c1-5-21-20(22(6-2)27(4)26-21)17-25-23(24-7-3)28-15-13-19(14-16-28)29-18-11-9-8-10-12-18/h8-12,19H,5-7,13-17H2,1-4H3,(H,24,25). The highest BCUT2D eigenvalue weighted by molar-refractivity contribution is 5.80. The molecule has 1 aromatic heterocycles. The van der Waals surface area contributed by atoms with Gasteiger partial charge in [0.15, 0.2) is 5.96 Å². The van der Waals surface area contributed by atoms with Crippen LogP contribution < -0.4 is 10.1 Å². The van der Waals surface area contributed by atoms with Crippen molar-refractivity contribution in [2.24, 2.45) is 12.0 Å². The van der Waals surface area contributed by atoms with Gasteiger partial charge in [0.2, 0.25) is 0 Å². The third-order valence-corrected chi connectivity index (χ3v) is 5.54. The van der Waals surface area contributed by atoms with Gasteiger partial charge in [0.25, 0.3) is 0 Å². The molecule has 6 nitrogen and oxygen atoms in total. The average molecular weight is 398 g/mol. The molecule has 1 aliphatic rings. The topological polar surface area (TPSA) is 54.7 Å². The summed E-state index contributed by atoms with van der Waals surface area (Å²) in [6.07, 6.45) is 4.21. The zero-order chi connectivity index (χ0) is 20.6. The van der Waals surface area contributed by atoms with Crippen LogP contribution in [0.4, 0.5) is 0 Å². The molecular weight excluding hydrogens is 362 g/mol. The number of piperidine rings is 1. The molecule has 1 saturated heterocycles. The fraction of sp³-hybridized carbons (Fsp3) is 0.565. The number of rotatable bonds is 7. The van der Waals surface area contributed by atoms with Gasteiger partial charge in [-0.05, 0) is 31.9 Å². The van der Waals surface area contributed by atoms with Gasteiger partial charge in [0.1, 0.15) is 11.9 Å². The van der Waals surface area contributed by atoms with Crippen LogP contribution in [0.1, 0.15) is 50.6 Å². The van der Waals surface area contributed by atoms with Crippen LogP contribution in [-0.4, -0.2) is 46.4 Å². The second-order valence-electron chi connectivity index (χ2n) is 7.49. The van der Waals surface area contributed by atoms with E-state index >= 15 is 0 Å². The van der Waals surface area contributed by atoms with Gasteiger partial charge in [0, 0.05) is 50.8 Å². The van der Waals surface area contributed by atoms with Crippen molar-refractivity contribution >= 4 is 5.96 Å². The summed E-state index contributed by atoms with van der Waals surface area (Å²) >= 11 is 0. The van der Waals surface area contributed by atoms with Crippen LogP contribution in [0.5, 0.6) is 5.75 Å². The quantitative estimate of drug-likeness (QED) is 0.573. The lowest BCUT2D eigenvalue weighted by atomic mass is 10.1. The molecule has 0 saturated carbocycles. The minimum Gasteiger partial charge on any atom is -0.490 e. The third-order valence-electron chi connectivity index (χ3n) is 5.54. The molecule has 2 heterocycles. The SMILES string of the molecule is CCNC(=NCc1c(CC)nn(C)c1CC)N1CCC(Oc2ccccc2)CC1. The Morgan fingerprint density at radius 2 is 1.86 bits per heavy atom. The van der Waals surface area contributed by atoms with Crippen molar-refractivity contribution in [3.63, 3.8) is 0 Å². The molecule has 1 aromatic carbocycles. The molecule has 1 N–H and O–H groups in total. The van der Waals surface area contributed by atoms with E-state index in [4.69, 9.17) is 9.73 Å². The van der Waals surface area contributed by atoms with Gasteiger partial charge < -0.3 is 15.0 Å². The number of aromatic nitrogens is 2. The summed E-state index contributed by atoms with van der Waals surface area (Å²) in [4.78, 5) is 7.35. The molecule has 0 bridgehead atoms. The third kappa shape index (κ3) is 5.31. The van der Waals surface area contributed by atoms with E-state index in [9.17, 15) is 0 Å². The Hall–Kier alpha value is -2.50. The van der Waals surface area contributed by atoms with Crippen molar-refractivity contribution < 1.29 is 4.74 Å². The molecule has 1 fully saturated rings. The van der Waals surface area contributed by atoms with Crippen LogP contribution in [0.2, 0.25) is 0 Å². The number of aliphatic imine (C=N–C) groups is 1. The van der Waals surface area contributed by atoms with Crippen molar-refractivity contribution in [3.05, 3.63) is 47.3 Å². The number of aryl methyl sites for hydroxylation is 2. The fourth-order valence-corrected chi connectivity index (χ4v) is 4.03. The van der Waals surface area contributed by atoms with Gasteiger partial charge in [-0.1, -0.05) is 32.0 Å². The minimum absolute atomic E-state index is 0.272. The number of ether oxygens (including phenoxy) is 1. The summed E-state index contributed by atoms with van der Waals surface area (Å²) in [5, 5.41) is 8.16. The molecule has 0 unspecified atom stereocenters. The first kappa shape index (κ1) is 21.2. The number of benzene rings is 1. The first-order chi connectivity index (χ1) is 14.2. The van der Waals surface area contributed by atoms with Crippen LogP contribution in [0.25, 0.3) is 0 Å². The van der Waals surface area contributed by atoms with E-state index in [1.165, 1.54) is 17.0 Å². The number of para-hydroxylation sites is 1. The number of guanidine groups is 1. The van der Waals surface area contributed by atoms with Crippen LogP contribution in [0.3, 0.4) is 0 Å². The lowest BCUT2D eigenvalue weighted by Crippen LogP contribution is -2.47. The van der Waals surface area contributed by atoms with Crippen LogP contribution in [-0.2, 0) is 26.4 Å². The smallest absolute Gasteiger partial charge is 0.194 e. The summed E-state index contributed by atoms with van der Waals surface area (Å²) in [7, 11) is 2.04. The normalized spacial score (nSPS) is 15.6. The molecule has 0 amide bonds. The van der Waals surface area contributed by atoms with Gasteiger partial charge in [0.05, 0.1) is 12.2 Å². The molecule has 0 radical (unpaired) electrons. The van der Waals surface area contributed by atoms with E-state index in [0.29, 0.717) is 6.54 Å². The number of hydrogen-bond acceptors (Lipinski definition) is 3. The maximum absolute atomic E-state index is 6.14. The van der Waals surface area contributed by atoms with Crippen LogP contribution in [0, 0.1) is 0 Å². The Bertz CT molecular complexity index is 791. The largest absolute Gasteiger partial charge is 0.490 e. The lowest BCUT2D eigenvalue weighted by Gasteiger charge is -2.34. The molecule has 0 atom stereocenters. The van der Waals surface area contributed by atoms with Crippen molar-refractivity contribution in [2.75, 3.05) is 19.6 Å². The van der Waals surface area contributed by atoms with E-state index < -0.39 is 0 Å². The van der Waals surface area contributed by atoms with E-state index in [2.05, 4.69) is 36.1 Å². The average Bonchev–Trinajstić information content (AvgIpc) is 3.07. The summed E-state index contributed by atoms with van der Waals surface area (Å²) < 4.78 is 8.15. The highest BCUT2D eigenvalue weighted by atomic mass is 16.5. The molecule has 2 aromatic rings. The second kappa shape index (κ2) is 10.3. The summed E-state index contributed by atoms with van der Waals surface area (Å²) in [5.41, 5.74) is 3.74. The van der Waals surface area contributed by atoms with E-state index in [1.54, 1.807) is 0 Å². The summed E-state index contributed by atoms with van der Waals surface area (Å²) in [6.45, 7) is 9.94. The molecule has 6 heteroatoms. The molecule has 29 heavy (non-hydrogen) atoms. The number of nitrogens with one attached hydrogen (secondary N) is 1. The number of likely N-dealkylation sites (tertiary alicyclic amines) is 1. The Kier molecular flexibility index (Phi) is 7.55. The molecule has 0 aliphatic carbocycles. The van der Waals surface area contributed by atoms with Gasteiger partial charge >= 0.3 is 0 Å². The summed E-state index contributed by atoms with van der Waals surface area (Å²) in [6, 6.07) is 10.1. The number of nitrogens with zero attached hydrogens (tertiary/aromatic N) is 4. The second-order valence-corrected chi connectivity index (χ2v) is 7.49. The lowest BCUT2D eigenvalue weighted by molar-refractivity contribution is 0.129. The number of hydrogen-bond donors (Lipinski definition) is 1. The van der Waals surface area contributed by atoms with Gasteiger partial charge in [-0.2, -0.15) is 5.10 Å². The van der Waals surface area contributed by atoms with Gasteiger partial charge in [-0.3, -0.25) is 4.68 Å². The van der Waals surface area contributed by atoms with E-state index in [-0.39, 0.29) is 6.10 Å². The maximum atomic E-state index is 6.14. The molecule has 0 spiro atoms. The van der Waals surface area contributed by atoms with Crippen LogP contribution >= 0.6 is 0 Å². The monoisotopic (exact) mass is 397 g/mol. The van der Waals surface area contributed by atoms with Crippen molar-refractivity contribution in [2.45, 2.75) is 59.1 Å². The predicted octanol–water partition coefficient (Wildman–Crippen LogP) is 3.55. The first-order valence-electron chi connectivity index (χ1n) is 10.9. The van der Waals surface area contributed by atoms with Crippen molar-refractivity contribution in [1.29, 1.82) is 0 Å². The zero-order valence-electron chi connectivity index (χ0n) is 18.3. The van der Waals surface area contributed by atoms with E-state index in [0.717, 1.165) is 57.0 Å². The Morgan fingerprint density at radius 3 is 2.48 bits per heavy atom. The molecule has 3 rings (SSSR count). The van der Waals surface area contributed by atoms with Crippen molar-refractivity contribution in [3.8, 4) is 5.75 Å². The molecule has 1 aliphatic heterocycles. The zero-order valence-corrected chi connectivity index (χ0v) is 18.3. The van der Waals surface area contributed by atoms with Crippen LogP contribution in [0.15, 0.2) is 35.3 Å². The Labute approximate surface area is 175 Å².